The summed E-state index contributed by atoms with van der Waals surface area (Å²) in [6.07, 6.45) is 9.39. The van der Waals surface area contributed by atoms with Gasteiger partial charge < -0.3 is 4.90 Å². The van der Waals surface area contributed by atoms with Gasteiger partial charge in [-0.2, -0.15) is 0 Å². The van der Waals surface area contributed by atoms with E-state index in [9.17, 15) is 0 Å². The number of hydrogen-bond donors (Lipinski definition) is 0. The van der Waals surface area contributed by atoms with Gasteiger partial charge in [0.1, 0.15) is 0 Å². The Kier molecular flexibility index (Phi) is 10.7. The van der Waals surface area contributed by atoms with Crippen molar-refractivity contribution in [1.82, 2.24) is 0 Å². The minimum absolute atomic E-state index is 0.423. The standard InChI is InChI=1S/C69H55N/c1-5-19-48(20-6-1)50-33-40-56(41-34-50)70(57-42-35-51(36-43-57)49-21-7-2-8-22-49)58-44-37-52(38-45-58)67-61-28-13-15-30-63(61)68(64-31-16-14-29-62(64)67)53-39-46-60-59-27-17-18-32-65(59)69(66(60)47-53,54-23-9-3-10-24-54)55-25-11-4-12-26-55/h1-12,17-27,32-47H,13-16,28-31H2. The van der Waals surface area contributed by atoms with E-state index in [4.69, 9.17) is 0 Å². The molecule has 336 valence electrons. The summed E-state index contributed by atoms with van der Waals surface area (Å²) in [5.74, 6) is 0. The quantitative estimate of drug-likeness (QED) is 0.140. The minimum atomic E-state index is -0.423. The van der Waals surface area contributed by atoms with Crippen LogP contribution in [0.15, 0.2) is 237 Å². The number of nitrogens with zero attached hydrogens (tertiary/aromatic N) is 1. The van der Waals surface area contributed by atoms with Crippen molar-refractivity contribution in [2.45, 2.75) is 56.8 Å². The molecule has 0 saturated carbocycles. The monoisotopic (exact) mass is 897 g/mol. The molecule has 13 rings (SSSR count). The van der Waals surface area contributed by atoms with E-state index in [1.807, 2.05) is 0 Å². The third-order valence-electron chi connectivity index (χ3n) is 15.8. The fourth-order valence-electron chi connectivity index (χ4n) is 12.7. The largest absolute Gasteiger partial charge is 0.311 e. The van der Waals surface area contributed by atoms with E-state index in [-0.39, 0.29) is 0 Å². The van der Waals surface area contributed by atoms with Crippen LogP contribution < -0.4 is 4.90 Å². The SMILES string of the molecule is c1ccc(-c2ccc(N(c3ccc(-c4ccccc4)cc3)c3ccc(-c4c5c(c(-c6ccc7c(c6)C(c6ccccc6)(c6ccccc6)c6ccccc6-7)c6c4CCCC6)CCCC5)cc3)cc2)cc1. The van der Waals surface area contributed by atoms with Crippen molar-refractivity contribution in [2.24, 2.45) is 0 Å². The first-order valence-electron chi connectivity index (χ1n) is 25.5. The average Bonchev–Trinajstić information content (AvgIpc) is 3.74. The predicted octanol–water partition coefficient (Wildman–Crippen LogP) is 17.9. The van der Waals surface area contributed by atoms with E-state index in [0.29, 0.717) is 0 Å². The zero-order valence-electron chi connectivity index (χ0n) is 39.6. The Hall–Kier alpha value is -8.00. The minimum Gasteiger partial charge on any atom is -0.311 e. The lowest BCUT2D eigenvalue weighted by atomic mass is 9.67. The Morgan fingerprint density at radius 3 is 1.07 bits per heavy atom. The Morgan fingerprint density at radius 1 is 0.271 bits per heavy atom. The Labute approximate surface area is 413 Å². The van der Waals surface area contributed by atoms with Gasteiger partial charge in [0.2, 0.25) is 0 Å². The van der Waals surface area contributed by atoms with E-state index in [0.717, 1.165) is 42.7 Å². The molecule has 0 N–H and O–H groups in total. The molecule has 0 radical (unpaired) electrons. The zero-order valence-corrected chi connectivity index (χ0v) is 39.6. The molecule has 0 spiro atoms. The molecule has 1 nitrogen and oxygen atoms in total. The van der Waals surface area contributed by atoms with Crippen molar-refractivity contribution in [3.05, 3.63) is 281 Å². The van der Waals surface area contributed by atoms with Crippen LogP contribution in [0.4, 0.5) is 17.1 Å². The molecular weight excluding hydrogens is 843 g/mol. The van der Waals surface area contributed by atoms with Gasteiger partial charge in [-0.15, -0.1) is 0 Å². The molecule has 0 bridgehead atoms. The molecule has 1 heteroatoms. The second-order valence-corrected chi connectivity index (χ2v) is 19.6. The molecular formula is C69H55N. The van der Waals surface area contributed by atoms with Crippen molar-refractivity contribution in [2.75, 3.05) is 4.90 Å². The number of benzene rings is 10. The van der Waals surface area contributed by atoms with Crippen molar-refractivity contribution in [3.8, 4) is 55.6 Å². The van der Waals surface area contributed by atoms with Gasteiger partial charge in [-0.25, -0.2) is 0 Å². The van der Waals surface area contributed by atoms with E-state index in [1.165, 1.54) is 104 Å². The Balaban J connectivity index is 0.941. The molecule has 0 amide bonds. The lowest BCUT2D eigenvalue weighted by Crippen LogP contribution is -2.28. The molecule has 70 heavy (non-hydrogen) atoms. The topological polar surface area (TPSA) is 3.24 Å². The summed E-state index contributed by atoms with van der Waals surface area (Å²) < 4.78 is 0. The van der Waals surface area contributed by atoms with Crippen molar-refractivity contribution < 1.29 is 0 Å². The second kappa shape index (κ2) is 17.8. The Morgan fingerprint density at radius 2 is 0.614 bits per heavy atom. The van der Waals surface area contributed by atoms with Crippen LogP contribution in [0.25, 0.3) is 55.6 Å². The maximum atomic E-state index is 2.62. The number of rotatable bonds is 9. The first-order valence-corrected chi connectivity index (χ1v) is 25.5. The summed E-state index contributed by atoms with van der Waals surface area (Å²) >= 11 is 0. The maximum absolute atomic E-state index is 2.62. The highest BCUT2D eigenvalue weighted by atomic mass is 15.1. The molecule has 0 aromatic heterocycles. The highest BCUT2D eigenvalue weighted by Gasteiger charge is 2.46. The average molecular weight is 898 g/mol. The summed E-state index contributed by atoms with van der Waals surface area (Å²) in [4.78, 5) is 2.42. The second-order valence-electron chi connectivity index (χ2n) is 19.6. The van der Waals surface area contributed by atoms with Crippen LogP contribution in [-0.4, -0.2) is 0 Å². The third-order valence-corrected chi connectivity index (χ3v) is 15.8. The first kappa shape index (κ1) is 42.1. The summed E-state index contributed by atoms with van der Waals surface area (Å²) in [5.41, 5.74) is 28.1. The highest BCUT2D eigenvalue weighted by molar-refractivity contribution is 5.91. The van der Waals surface area contributed by atoms with Crippen LogP contribution >= 0.6 is 0 Å². The van der Waals surface area contributed by atoms with Crippen LogP contribution in [0.1, 0.15) is 70.2 Å². The van der Waals surface area contributed by atoms with Crippen LogP contribution in [0.5, 0.6) is 0 Å². The molecule has 0 atom stereocenters. The van der Waals surface area contributed by atoms with E-state index < -0.39 is 5.41 Å². The molecule has 3 aliphatic carbocycles. The lowest BCUT2D eigenvalue weighted by molar-refractivity contribution is 0.662. The molecule has 0 heterocycles. The van der Waals surface area contributed by atoms with Crippen LogP contribution in [-0.2, 0) is 31.1 Å². The molecule has 0 unspecified atom stereocenters. The van der Waals surface area contributed by atoms with E-state index >= 15 is 0 Å². The molecule has 0 aliphatic heterocycles. The summed E-state index contributed by atoms with van der Waals surface area (Å²) in [6, 6.07) is 88.3. The molecule has 10 aromatic carbocycles. The van der Waals surface area contributed by atoms with E-state index in [1.54, 1.807) is 22.3 Å². The summed E-state index contributed by atoms with van der Waals surface area (Å²) in [6.45, 7) is 0. The summed E-state index contributed by atoms with van der Waals surface area (Å²) in [5, 5.41) is 0. The summed E-state index contributed by atoms with van der Waals surface area (Å²) in [7, 11) is 0. The molecule has 10 aromatic rings. The van der Waals surface area contributed by atoms with Crippen LogP contribution in [0, 0.1) is 0 Å². The lowest BCUT2D eigenvalue weighted by Gasteiger charge is -2.35. The van der Waals surface area contributed by atoms with E-state index in [2.05, 4.69) is 241 Å². The number of hydrogen-bond acceptors (Lipinski definition) is 1. The van der Waals surface area contributed by atoms with Gasteiger partial charge in [0.25, 0.3) is 0 Å². The molecule has 3 aliphatic rings. The highest BCUT2D eigenvalue weighted by Crippen LogP contribution is 2.57. The van der Waals surface area contributed by atoms with Crippen LogP contribution in [0.2, 0.25) is 0 Å². The van der Waals surface area contributed by atoms with Gasteiger partial charge in [0.05, 0.1) is 5.41 Å². The van der Waals surface area contributed by atoms with Gasteiger partial charge in [-0.3, -0.25) is 0 Å². The van der Waals surface area contributed by atoms with Gasteiger partial charge in [0, 0.05) is 17.1 Å². The fraction of sp³-hybridized carbons (Fsp3) is 0.130. The van der Waals surface area contributed by atoms with Crippen molar-refractivity contribution in [1.29, 1.82) is 0 Å². The predicted molar refractivity (Wildman–Crippen MR) is 293 cm³/mol. The molecule has 0 fully saturated rings. The van der Waals surface area contributed by atoms with Crippen molar-refractivity contribution in [3.63, 3.8) is 0 Å². The van der Waals surface area contributed by atoms with Gasteiger partial charge >= 0.3 is 0 Å². The van der Waals surface area contributed by atoms with Gasteiger partial charge in [0.15, 0.2) is 0 Å². The maximum Gasteiger partial charge on any atom is 0.0713 e. The third kappa shape index (κ3) is 7.06. The molecule has 0 saturated heterocycles. The smallest absolute Gasteiger partial charge is 0.0713 e. The van der Waals surface area contributed by atoms with Crippen molar-refractivity contribution >= 4 is 17.1 Å². The van der Waals surface area contributed by atoms with Crippen LogP contribution in [0.3, 0.4) is 0 Å². The normalized spacial score (nSPS) is 14.2. The first-order chi connectivity index (χ1) is 34.7. The van der Waals surface area contributed by atoms with Gasteiger partial charge in [-0.05, 0) is 194 Å². The van der Waals surface area contributed by atoms with Gasteiger partial charge in [-0.1, -0.05) is 194 Å². The number of anilines is 3. The fourth-order valence-corrected chi connectivity index (χ4v) is 12.7. The number of fused-ring (bicyclic) bond motifs is 5. The Bertz CT molecular complexity index is 3320. The zero-order chi connectivity index (χ0) is 46.4.